The maximum atomic E-state index is 12.0. The van der Waals surface area contributed by atoms with Crippen LogP contribution in [0.5, 0.6) is 5.75 Å². The van der Waals surface area contributed by atoms with Gasteiger partial charge in [-0.1, -0.05) is 42.0 Å². The predicted molar refractivity (Wildman–Crippen MR) is 104 cm³/mol. The molecular weight excluding hydrogens is 328 g/mol. The van der Waals surface area contributed by atoms with Gasteiger partial charge in [-0.3, -0.25) is 9.79 Å². The highest BCUT2D eigenvalue weighted by atomic mass is 16.5. The number of aryl methyl sites for hydroxylation is 1. The highest BCUT2D eigenvalue weighted by Gasteiger charge is 2.04. The molecule has 2 rings (SSSR count). The molecule has 2 aromatic rings. The minimum atomic E-state index is -0.0981. The van der Waals surface area contributed by atoms with Crippen LogP contribution in [0.2, 0.25) is 0 Å². The lowest BCUT2D eigenvalue weighted by atomic mass is 10.1. The molecule has 0 aliphatic rings. The molecule has 0 aliphatic heterocycles. The number of nitrogens with zero attached hydrogens (tertiary/aromatic N) is 1. The van der Waals surface area contributed by atoms with Gasteiger partial charge < -0.3 is 20.7 Å². The average molecular weight is 354 g/mol. The number of hydrogen-bond donors (Lipinski definition) is 3. The number of rotatable bonds is 7. The van der Waals surface area contributed by atoms with Crippen molar-refractivity contribution >= 4 is 11.9 Å². The number of carbonyl (C=O) groups is 1. The Kier molecular flexibility index (Phi) is 7.49. The topological polar surface area (TPSA) is 74.8 Å². The number of carbonyl (C=O) groups excluding carboxylic acids is 1. The van der Waals surface area contributed by atoms with E-state index in [1.807, 2.05) is 24.3 Å². The summed E-state index contributed by atoms with van der Waals surface area (Å²) in [5, 5.41) is 9.08. The van der Waals surface area contributed by atoms with E-state index in [1.54, 1.807) is 14.2 Å². The second-order valence-electron chi connectivity index (χ2n) is 5.89. The number of aliphatic imine (C=N–C) groups is 1. The third kappa shape index (κ3) is 6.47. The molecule has 0 saturated carbocycles. The summed E-state index contributed by atoms with van der Waals surface area (Å²) in [7, 11) is 3.31. The van der Waals surface area contributed by atoms with Gasteiger partial charge in [0, 0.05) is 20.1 Å². The Hall–Kier alpha value is -3.02. The zero-order valence-corrected chi connectivity index (χ0v) is 15.5. The van der Waals surface area contributed by atoms with Crippen LogP contribution < -0.4 is 20.7 Å². The van der Waals surface area contributed by atoms with Gasteiger partial charge >= 0.3 is 0 Å². The van der Waals surface area contributed by atoms with Crippen LogP contribution in [0, 0.1) is 6.92 Å². The third-order valence-corrected chi connectivity index (χ3v) is 3.87. The zero-order chi connectivity index (χ0) is 18.8. The number of methoxy groups -OCH3 is 1. The quantitative estimate of drug-likeness (QED) is 0.525. The Balaban J connectivity index is 1.71. The molecule has 0 saturated heterocycles. The number of hydrogen-bond acceptors (Lipinski definition) is 3. The van der Waals surface area contributed by atoms with Crippen molar-refractivity contribution in [3.05, 3.63) is 65.2 Å². The molecule has 0 aromatic heterocycles. The molecule has 6 heteroatoms. The molecule has 0 fully saturated rings. The van der Waals surface area contributed by atoms with Crippen molar-refractivity contribution in [2.45, 2.75) is 20.0 Å². The standard InChI is InChI=1S/C20H26N4O2/c1-15-4-6-16(7-5-15)13-23-20(21-2)24-14-19(25)22-12-17-8-10-18(26-3)11-9-17/h4-11H,12-14H2,1-3H3,(H,22,25)(H2,21,23,24). The van der Waals surface area contributed by atoms with E-state index >= 15 is 0 Å². The SMILES string of the molecule is CN=C(NCC(=O)NCc1ccc(OC)cc1)NCc1ccc(C)cc1. The first-order valence-electron chi connectivity index (χ1n) is 8.50. The summed E-state index contributed by atoms with van der Waals surface area (Å²) in [6, 6.07) is 15.9. The van der Waals surface area contributed by atoms with Crippen LogP contribution in [0.3, 0.4) is 0 Å². The number of benzene rings is 2. The van der Waals surface area contributed by atoms with Crippen molar-refractivity contribution in [2.75, 3.05) is 20.7 Å². The fraction of sp³-hybridized carbons (Fsp3) is 0.300. The lowest BCUT2D eigenvalue weighted by molar-refractivity contribution is -0.120. The Morgan fingerprint density at radius 3 is 2.08 bits per heavy atom. The normalized spacial score (nSPS) is 11.0. The van der Waals surface area contributed by atoms with E-state index in [2.05, 4.69) is 52.1 Å². The number of nitrogens with one attached hydrogen (secondary N) is 3. The molecule has 0 radical (unpaired) electrons. The van der Waals surface area contributed by atoms with Crippen molar-refractivity contribution < 1.29 is 9.53 Å². The minimum absolute atomic E-state index is 0.0981. The van der Waals surface area contributed by atoms with Gasteiger partial charge in [-0.25, -0.2) is 0 Å². The number of ether oxygens (including phenoxy) is 1. The second-order valence-corrected chi connectivity index (χ2v) is 5.89. The third-order valence-electron chi connectivity index (χ3n) is 3.87. The molecule has 3 N–H and O–H groups in total. The summed E-state index contributed by atoms with van der Waals surface area (Å²) in [6.45, 7) is 3.33. The zero-order valence-electron chi connectivity index (χ0n) is 15.5. The van der Waals surface area contributed by atoms with E-state index in [0.29, 0.717) is 19.0 Å². The average Bonchev–Trinajstić information content (AvgIpc) is 2.68. The lowest BCUT2D eigenvalue weighted by Crippen LogP contribution is -2.42. The Morgan fingerprint density at radius 1 is 0.923 bits per heavy atom. The second kappa shape index (κ2) is 10.1. The van der Waals surface area contributed by atoms with Crippen molar-refractivity contribution in [3.63, 3.8) is 0 Å². The van der Waals surface area contributed by atoms with E-state index in [-0.39, 0.29) is 12.5 Å². The first-order valence-corrected chi connectivity index (χ1v) is 8.50. The van der Waals surface area contributed by atoms with Crippen LogP contribution in [0.1, 0.15) is 16.7 Å². The molecule has 0 bridgehead atoms. The van der Waals surface area contributed by atoms with Gasteiger partial charge in [0.05, 0.1) is 13.7 Å². The fourth-order valence-corrected chi connectivity index (χ4v) is 2.28. The molecule has 0 unspecified atom stereocenters. The molecule has 0 heterocycles. The molecule has 2 aromatic carbocycles. The van der Waals surface area contributed by atoms with Crippen LogP contribution in [-0.2, 0) is 17.9 Å². The fourth-order valence-electron chi connectivity index (χ4n) is 2.28. The van der Waals surface area contributed by atoms with Crippen LogP contribution in [0.25, 0.3) is 0 Å². The number of amides is 1. The van der Waals surface area contributed by atoms with E-state index in [1.165, 1.54) is 5.56 Å². The molecule has 26 heavy (non-hydrogen) atoms. The molecule has 0 spiro atoms. The van der Waals surface area contributed by atoms with Gasteiger partial charge in [-0.2, -0.15) is 0 Å². The van der Waals surface area contributed by atoms with Crippen molar-refractivity contribution in [1.29, 1.82) is 0 Å². The summed E-state index contributed by atoms with van der Waals surface area (Å²) in [5.41, 5.74) is 3.40. The van der Waals surface area contributed by atoms with Crippen LogP contribution in [0.4, 0.5) is 0 Å². The summed E-state index contributed by atoms with van der Waals surface area (Å²) < 4.78 is 5.12. The Labute approximate surface area is 154 Å². The first kappa shape index (κ1) is 19.3. The first-order chi connectivity index (χ1) is 12.6. The molecule has 138 valence electrons. The Bertz CT molecular complexity index is 724. The van der Waals surface area contributed by atoms with Gasteiger partial charge in [0.15, 0.2) is 5.96 Å². The van der Waals surface area contributed by atoms with Gasteiger partial charge in [0.25, 0.3) is 0 Å². The summed E-state index contributed by atoms with van der Waals surface area (Å²) in [5.74, 6) is 1.29. The summed E-state index contributed by atoms with van der Waals surface area (Å²) in [4.78, 5) is 16.1. The summed E-state index contributed by atoms with van der Waals surface area (Å²) >= 11 is 0. The maximum absolute atomic E-state index is 12.0. The highest BCUT2D eigenvalue weighted by molar-refractivity contribution is 5.86. The van der Waals surface area contributed by atoms with E-state index in [0.717, 1.165) is 16.9 Å². The minimum Gasteiger partial charge on any atom is -0.497 e. The highest BCUT2D eigenvalue weighted by Crippen LogP contribution is 2.10. The van der Waals surface area contributed by atoms with Crippen molar-refractivity contribution in [3.8, 4) is 5.75 Å². The monoisotopic (exact) mass is 354 g/mol. The molecule has 1 amide bonds. The molecular formula is C20H26N4O2. The molecule has 6 nitrogen and oxygen atoms in total. The van der Waals surface area contributed by atoms with Crippen LogP contribution in [0.15, 0.2) is 53.5 Å². The van der Waals surface area contributed by atoms with E-state index in [9.17, 15) is 4.79 Å². The van der Waals surface area contributed by atoms with Crippen molar-refractivity contribution in [1.82, 2.24) is 16.0 Å². The van der Waals surface area contributed by atoms with Crippen LogP contribution in [-0.4, -0.2) is 32.6 Å². The van der Waals surface area contributed by atoms with Gasteiger partial charge in [0.2, 0.25) is 5.91 Å². The Morgan fingerprint density at radius 2 is 1.50 bits per heavy atom. The van der Waals surface area contributed by atoms with Crippen LogP contribution >= 0.6 is 0 Å². The van der Waals surface area contributed by atoms with E-state index < -0.39 is 0 Å². The van der Waals surface area contributed by atoms with Gasteiger partial charge in [-0.15, -0.1) is 0 Å². The van der Waals surface area contributed by atoms with Gasteiger partial charge in [-0.05, 0) is 30.2 Å². The van der Waals surface area contributed by atoms with Gasteiger partial charge in [0.1, 0.15) is 5.75 Å². The molecule has 0 atom stereocenters. The van der Waals surface area contributed by atoms with Crippen molar-refractivity contribution in [2.24, 2.45) is 4.99 Å². The molecule has 0 aliphatic carbocycles. The maximum Gasteiger partial charge on any atom is 0.239 e. The smallest absolute Gasteiger partial charge is 0.239 e. The van der Waals surface area contributed by atoms with E-state index in [4.69, 9.17) is 4.74 Å². The predicted octanol–water partition coefficient (Wildman–Crippen LogP) is 1.99. The summed E-state index contributed by atoms with van der Waals surface area (Å²) in [6.07, 6.45) is 0. The number of guanidine groups is 1. The lowest BCUT2D eigenvalue weighted by Gasteiger charge is -2.12. The largest absolute Gasteiger partial charge is 0.497 e.